The van der Waals surface area contributed by atoms with Gasteiger partial charge in [-0.05, 0) is 38.1 Å². The van der Waals surface area contributed by atoms with E-state index in [0.29, 0.717) is 0 Å². The number of rotatable bonds is 4. The molecule has 1 saturated heterocycles. The summed E-state index contributed by atoms with van der Waals surface area (Å²) in [5.41, 5.74) is 1.05. The Balaban J connectivity index is 1.62. The Morgan fingerprint density at radius 3 is 3.15 bits per heavy atom. The second kappa shape index (κ2) is 6.33. The van der Waals surface area contributed by atoms with Gasteiger partial charge in [0.1, 0.15) is 0 Å². The fourth-order valence-electron chi connectivity index (χ4n) is 2.45. The SMILES string of the molecule is CN1CCC(CSc2ncc(-c3cccc(Br)c3)o2)C1. The molecule has 0 amide bonds. The molecular formula is C15H17BrN2OS. The Morgan fingerprint density at radius 2 is 2.40 bits per heavy atom. The van der Waals surface area contributed by atoms with Crippen LogP contribution in [0.4, 0.5) is 0 Å². The van der Waals surface area contributed by atoms with Crippen LogP contribution in [0.5, 0.6) is 0 Å². The molecule has 0 aliphatic carbocycles. The Morgan fingerprint density at radius 1 is 1.50 bits per heavy atom. The molecule has 2 aromatic rings. The van der Waals surface area contributed by atoms with Crippen LogP contribution >= 0.6 is 27.7 Å². The standard InChI is InChI=1S/C15H17BrN2OS/c1-18-6-5-11(9-18)10-20-15-17-8-14(19-15)12-3-2-4-13(16)7-12/h2-4,7-8,11H,5-6,9-10H2,1H3. The first-order chi connectivity index (χ1) is 9.70. The maximum atomic E-state index is 5.83. The van der Waals surface area contributed by atoms with E-state index in [0.717, 1.165) is 32.7 Å². The van der Waals surface area contributed by atoms with Crippen LogP contribution in [0.25, 0.3) is 11.3 Å². The summed E-state index contributed by atoms with van der Waals surface area (Å²) in [7, 11) is 2.18. The average Bonchev–Trinajstić information content (AvgIpc) is 3.05. The first kappa shape index (κ1) is 14.2. The van der Waals surface area contributed by atoms with Crippen molar-refractivity contribution in [1.82, 2.24) is 9.88 Å². The second-order valence-electron chi connectivity index (χ2n) is 5.23. The predicted molar refractivity (Wildman–Crippen MR) is 86.0 cm³/mol. The Hall–Kier alpha value is -0.780. The molecule has 0 saturated carbocycles. The largest absolute Gasteiger partial charge is 0.431 e. The quantitative estimate of drug-likeness (QED) is 0.773. The molecule has 1 aromatic carbocycles. The number of benzene rings is 1. The third kappa shape index (κ3) is 3.45. The lowest BCUT2D eigenvalue weighted by atomic mass is 10.2. The van der Waals surface area contributed by atoms with E-state index in [4.69, 9.17) is 4.42 Å². The summed E-state index contributed by atoms with van der Waals surface area (Å²) in [4.78, 5) is 6.75. The highest BCUT2D eigenvalue weighted by Gasteiger charge is 2.20. The van der Waals surface area contributed by atoms with E-state index < -0.39 is 0 Å². The summed E-state index contributed by atoms with van der Waals surface area (Å²) >= 11 is 5.20. The molecule has 1 fully saturated rings. The van der Waals surface area contributed by atoms with Gasteiger partial charge in [0.2, 0.25) is 0 Å². The molecule has 3 rings (SSSR count). The number of thioether (sulfide) groups is 1. The van der Waals surface area contributed by atoms with Crippen LogP contribution < -0.4 is 0 Å². The van der Waals surface area contributed by atoms with Gasteiger partial charge in [0, 0.05) is 22.3 Å². The van der Waals surface area contributed by atoms with E-state index in [1.54, 1.807) is 11.8 Å². The van der Waals surface area contributed by atoms with Gasteiger partial charge in [-0.1, -0.05) is 39.8 Å². The maximum Gasteiger partial charge on any atom is 0.256 e. The van der Waals surface area contributed by atoms with Gasteiger partial charge in [-0.25, -0.2) is 4.98 Å². The molecule has 1 aromatic heterocycles. The minimum atomic E-state index is 0.756. The van der Waals surface area contributed by atoms with Crippen LogP contribution in [0.2, 0.25) is 0 Å². The van der Waals surface area contributed by atoms with Gasteiger partial charge in [-0.15, -0.1) is 0 Å². The molecule has 3 nitrogen and oxygen atoms in total. The summed E-state index contributed by atoms with van der Waals surface area (Å²) in [6.07, 6.45) is 3.09. The molecule has 0 bridgehead atoms. The fraction of sp³-hybridized carbons (Fsp3) is 0.400. The van der Waals surface area contributed by atoms with E-state index in [-0.39, 0.29) is 0 Å². The molecule has 2 heterocycles. The fourth-order valence-corrected chi connectivity index (χ4v) is 3.78. The summed E-state index contributed by atoms with van der Waals surface area (Å²) in [5, 5.41) is 0.773. The molecule has 1 unspecified atom stereocenters. The molecule has 0 N–H and O–H groups in total. The van der Waals surface area contributed by atoms with Gasteiger partial charge in [-0.2, -0.15) is 0 Å². The zero-order valence-corrected chi connectivity index (χ0v) is 13.8. The number of nitrogens with zero attached hydrogens (tertiary/aromatic N) is 2. The van der Waals surface area contributed by atoms with Gasteiger partial charge >= 0.3 is 0 Å². The lowest BCUT2D eigenvalue weighted by molar-refractivity contribution is 0.402. The van der Waals surface area contributed by atoms with Crippen LogP contribution in [0, 0.1) is 5.92 Å². The van der Waals surface area contributed by atoms with Crippen molar-refractivity contribution in [2.75, 3.05) is 25.9 Å². The Kier molecular flexibility index (Phi) is 4.48. The summed E-state index contributed by atoms with van der Waals surface area (Å²) in [6, 6.07) is 8.09. The first-order valence-corrected chi connectivity index (χ1v) is 8.51. The summed E-state index contributed by atoms with van der Waals surface area (Å²) in [6.45, 7) is 2.40. The molecule has 1 aliphatic rings. The zero-order chi connectivity index (χ0) is 13.9. The Labute approximate surface area is 131 Å². The van der Waals surface area contributed by atoms with Crippen LogP contribution in [0.3, 0.4) is 0 Å². The topological polar surface area (TPSA) is 29.3 Å². The predicted octanol–water partition coefficient (Wildman–Crippen LogP) is 4.15. The number of oxazole rings is 1. The first-order valence-electron chi connectivity index (χ1n) is 6.74. The molecular weight excluding hydrogens is 336 g/mol. The van der Waals surface area contributed by atoms with Gasteiger partial charge in [0.25, 0.3) is 5.22 Å². The van der Waals surface area contributed by atoms with Crippen molar-refractivity contribution in [3.8, 4) is 11.3 Å². The van der Waals surface area contributed by atoms with Crippen molar-refractivity contribution in [3.05, 3.63) is 34.9 Å². The van der Waals surface area contributed by atoms with E-state index in [1.165, 1.54) is 19.5 Å². The monoisotopic (exact) mass is 352 g/mol. The van der Waals surface area contributed by atoms with Crippen molar-refractivity contribution >= 4 is 27.7 Å². The Bertz CT molecular complexity index is 587. The molecule has 0 spiro atoms. The summed E-state index contributed by atoms with van der Waals surface area (Å²) < 4.78 is 6.88. The lowest BCUT2D eigenvalue weighted by Gasteiger charge is -2.07. The zero-order valence-electron chi connectivity index (χ0n) is 11.4. The number of hydrogen-bond donors (Lipinski definition) is 0. The number of halogens is 1. The number of aromatic nitrogens is 1. The molecule has 5 heteroatoms. The third-order valence-corrected chi connectivity index (χ3v) is 5.09. The van der Waals surface area contributed by atoms with Crippen molar-refractivity contribution in [2.45, 2.75) is 11.6 Å². The van der Waals surface area contributed by atoms with Gasteiger partial charge in [-0.3, -0.25) is 0 Å². The summed E-state index contributed by atoms with van der Waals surface area (Å²) in [5.74, 6) is 2.67. The third-order valence-electron chi connectivity index (χ3n) is 3.53. The molecule has 1 atom stereocenters. The normalized spacial score (nSPS) is 19.6. The van der Waals surface area contributed by atoms with E-state index in [9.17, 15) is 0 Å². The van der Waals surface area contributed by atoms with Crippen LogP contribution in [-0.4, -0.2) is 35.8 Å². The molecule has 20 heavy (non-hydrogen) atoms. The number of likely N-dealkylation sites (tertiary alicyclic amines) is 1. The maximum absolute atomic E-state index is 5.83. The van der Waals surface area contributed by atoms with E-state index in [1.807, 2.05) is 30.5 Å². The van der Waals surface area contributed by atoms with Crippen LogP contribution in [-0.2, 0) is 0 Å². The van der Waals surface area contributed by atoms with Crippen molar-refractivity contribution in [3.63, 3.8) is 0 Å². The molecule has 0 radical (unpaired) electrons. The van der Waals surface area contributed by atoms with Crippen molar-refractivity contribution in [2.24, 2.45) is 5.92 Å². The molecule has 106 valence electrons. The van der Waals surface area contributed by atoms with Crippen molar-refractivity contribution in [1.29, 1.82) is 0 Å². The minimum absolute atomic E-state index is 0.756. The lowest BCUT2D eigenvalue weighted by Crippen LogP contribution is -2.14. The average molecular weight is 353 g/mol. The van der Waals surface area contributed by atoms with E-state index >= 15 is 0 Å². The van der Waals surface area contributed by atoms with Gasteiger partial charge in [0.05, 0.1) is 6.20 Å². The second-order valence-corrected chi connectivity index (χ2v) is 7.12. The van der Waals surface area contributed by atoms with Crippen LogP contribution in [0.1, 0.15) is 6.42 Å². The number of hydrogen-bond acceptors (Lipinski definition) is 4. The van der Waals surface area contributed by atoms with Crippen molar-refractivity contribution < 1.29 is 4.42 Å². The highest BCUT2D eigenvalue weighted by Crippen LogP contribution is 2.29. The van der Waals surface area contributed by atoms with Crippen LogP contribution in [0.15, 0.2) is 44.6 Å². The van der Waals surface area contributed by atoms with E-state index in [2.05, 4.69) is 32.9 Å². The minimum Gasteiger partial charge on any atom is -0.431 e. The molecule has 1 aliphatic heterocycles. The van der Waals surface area contributed by atoms with Gasteiger partial charge in [0.15, 0.2) is 5.76 Å². The highest BCUT2D eigenvalue weighted by atomic mass is 79.9. The smallest absolute Gasteiger partial charge is 0.256 e. The highest BCUT2D eigenvalue weighted by molar-refractivity contribution is 9.10. The van der Waals surface area contributed by atoms with Gasteiger partial charge < -0.3 is 9.32 Å².